The Kier molecular flexibility index (Phi) is 10.0. The summed E-state index contributed by atoms with van der Waals surface area (Å²) in [6.07, 6.45) is 0. The van der Waals surface area contributed by atoms with Crippen molar-refractivity contribution in [2.45, 2.75) is 0 Å². The minimum absolute atomic E-state index is 0.629. The van der Waals surface area contributed by atoms with Crippen LogP contribution in [0.15, 0.2) is 138 Å². The second-order valence-corrected chi connectivity index (χ2v) is 18.3. The molecular formula is C51H42B10N4O. The Morgan fingerprint density at radius 1 is 0.348 bits per heavy atom. The highest BCUT2D eigenvalue weighted by Gasteiger charge is 2.24. The van der Waals surface area contributed by atoms with Gasteiger partial charge in [-0.1, -0.05) is 101 Å². The summed E-state index contributed by atoms with van der Waals surface area (Å²) < 4.78 is 8.99. The van der Waals surface area contributed by atoms with Crippen molar-refractivity contribution >= 4 is 177 Å². The zero-order valence-corrected chi connectivity index (χ0v) is 39.4. The van der Waals surface area contributed by atoms with Crippen molar-refractivity contribution in [1.29, 1.82) is 0 Å². The zero-order valence-electron chi connectivity index (χ0n) is 39.4. The number of para-hydroxylation sites is 2. The highest BCUT2D eigenvalue weighted by molar-refractivity contribution is 6.70. The number of hydrogen-bond acceptors (Lipinski definition) is 4. The van der Waals surface area contributed by atoms with E-state index >= 15 is 0 Å². The maximum Gasteiger partial charge on any atom is 0.164 e. The van der Waals surface area contributed by atoms with Crippen molar-refractivity contribution in [2.75, 3.05) is 0 Å². The normalized spacial score (nSPS) is 11.6. The largest absolute Gasteiger partial charge is 0.456 e. The molecule has 0 bridgehead atoms. The fraction of sp³-hybridized carbons (Fsp3) is 0. The fourth-order valence-electron chi connectivity index (χ4n) is 10.5. The predicted octanol–water partition coefficient (Wildman–Crippen LogP) is -4.21. The van der Waals surface area contributed by atoms with Gasteiger partial charge in [0.05, 0.1) is 11.0 Å². The molecule has 5 nitrogen and oxygen atoms in total. The molecule has 0 N–H and O–H groups in total. The first-order valence-electron chi connectivity index (χ1n) is 23.0. The zero-order chi connectivity index (χ0) is 45.7. The maximum atomic E-state index is 6.63. The van der Waals surface area contributed by atoms with Crippen LogP contribution >= 0.6 is 0 Å². The molecule has 8 aromatic carbocycles. The van der Waals surface area contributed by atoms with E-state index in [1.807, 2.05) is 0 Å². The average molecular weight is 835 g/mol. The van der Waals surface area contributed by atoms with Gasteiger partial charge in [0.15, 0.2) is 17.5 Å². The summed E-state index contributed by atoms with van der Waals surface area (Å²) in [6, 6.07) is 47.8. The third-order valence-corrected chi connectivity index (χ3v) is 15.0. The predicted molar refractivity (Wildman–Crippen MR) is 310 cm³/mol. The lowest BCUT2D eigenvalue weighted by atomic mass is 9.60. The van der Waals surface area contributed by atoms with Gasteiger partial charge in [-0.05, 0) is 76.9 Å². The first-order chi connectivity index (χ1) is 31.9. The van der Waals surface area contributed by atoms with Crippen LogP contribution in [0.1, 0.15) is 0 Å². The Labute approximate surface area is 394 Å². The summed E-state index contributed by atoms with van der Waals surface area (Å²) in [7, 11) is 22.1. The van der Waals surface area contributed by atoms with Crippen molar-refractivity contribution in [3.63, 3.8) is 0 Å². The summed E-state index contributed by atoms with van der Waals surface area (Å²) in [6.45, 7) is 0. The van der Waals surface area contributed by atoms with Crippen molar-refractivity contribution in [2.24, 2.45) is 0 Å². The van der Waals surface area contributed by atoms with Crippen molar-refractivity contribution < 1.29 is 4.42 Å². The van der Waals surface area contributed by atoms with Crippen LogP contribution in [0, 0.1) is 0 Å². The number of nitrogens with zero attached hydrogens (tertiary/aromatic N) is 4. The Hall–Kier alpha value is -6.98. The first-order valence-corrected chi connectivity index (χ1v) is 23.0. The highest BCUT2D eigenvalue weighted by atomic mass is 16.3. The molecule has 0 saturated heterocycles. The van der Waals surface area contributed by atoms with Gasteiger partial charge in [0.1, 0.15) is 89.6 Å². The number of benzene rings is 8. The first kappa shape index (κ1) is 41.7. The van der Waals surface area contributed by atoms with Gasteiger partial charge in [-0.25, -0.2) is 15.0 Å². The van der Waals surface area contributed by atoms with E-state index in [1.54, 1.807) is 0 Å². The van der Waals surface area contributed by atoms with Crippen molar-refractivity contribution in [3.05, 3.63) is 133 Å². The Morgan fingerprint density at radius 2 is 0.833 bits per heavy atom. The molecule has 0 aliphatic rings. The summed E-state index contributed by atoms with van der Waals surface area (Å²) in [5, 5.41) is 4.48. The standard InChI is InChI=1S/C51H42B10N4O/c52-39-37(40(53)44(57)47(60)43(39)56)50-62-49(63-51(64-50)38-41(54)45(58)48(61)46(59)42(38)55)29-13-7-15-35-36(29)31-22-26(17-19-34(31)66-35)24-9-6-8-23(20-24)25-16-18-33-30(21-25)28-12-4-5-14-32(28)65(33)27-10-2-1-3-11-27/h1-22H,52-61H2. The minimum atomic E-state index is 0.629. The molecule has 3 heterocycles. The molecule has 0 radical (unpaired) electrons. The summed E-state index contributed by atoms with van der Waals surface area (Å²) in [5.41, 5.74) is 25.3. The van der Waals surface area contributed by atoms with Crippen molar-refractivity contribution in [1.82, 2.24) is 19.5 Å². The Balaban J connectivity index is 1.08. The molecule has 15 heteroatoms. The lowest BCUT2D eigenvalue weighted by molar-refractivity contribution is 0.669. The van der Waals surface area contributed by atoms with Crippen LogP contribution in [0.2, 0.25) is 0 Å². The fourth-order valence-corrected chi connectivity index (χ4v) is 10.5. The molecule has 3 aromatic heterocycles. The number of rotatable bonds is 6. The highest BCUT2D eigenvalue weighted by Crippen LogP contribution is 2.40. The Morgan fingerprint density at radius 3 is 1.45 bits per heavy atom. The lowest BCUT2D eigenvalue weighted by Crippen LogP contribution is -2.55. The quantitative estimate of drug-likeness (QED) is 0.160. The second kappa shape index (κ2) is 15.9. The summed E-state index contributed by atoms with van der Waals surface area (Å²) >= 11 is 0. The molecule has 11 aromatic rings. The molecule has 0 amide bonds. The summed E-state index contributed by atoms with van der Waals surface area (Å²) in [5.74, 6) is 2.01. The minimum Gasteiger partial charge on any atom is -0.456 e. The number of furan rings is 1. The molecule has 302 valence electrons. The lowest BCUT2D eigenvalue weighted by Gasteiger charge is -2.22. The van der Waals surface area contributed by atoms with Gasteiger partial charge < -0.3 is 8.98 Å². The van der Waals surface area contributed by atoms with Gasteiger partial charge in [0, 0.05) is 43.9 Å². The van der Waals surface area contributed by atoms with Crippen LogP contribution in [0.3, 0.4) is 0 Å². The molecule has 0 saturated carbocycles. The molecule has 0 atom stereocenters. The second-order valence-electron chi connectivity index (χ2n) is 18.3. The van der Waals surface area contributed by atoms with E-state index in [1.165, 1.54) is 82.0 Å². The van der Waals surface area contributed by atoms with Gasteiger partial charge in [-0.15, -0.1) is 32.8 Å². The van der Waals surface area contributed by atoms with Gasteiger partial charge >= 0.3 is 0 Å². The van der Waals surface area contributed by atoms with E-state index < -0.39 is 0 Å². The van der Waals surface area contributed by atoms with E-state index in [2.05, 4.69) is 216 Å². The third kappa shape index (κ3) is 6.49. The van der Waals surface area contributed by atoms with Gasteiger partial charge in [0.25, 0.3) is 0 Å². The molecule has 0 aliphatic heterocycles. The summed E-state index contributed by atoms with van der Waals surface area (Å²) in [4.78, 5) is 16.2. The van der Waals surface area contributed by atoms with Gasteiger partial charge in [-0.2, -0.15) is 0 Å². The Bertz CT molecular complexity index is 3700. The van der Waals surface area contributed by atoms with E-state index in [9.17, 15) is 0 Å². The van der Waals surface area contributed by atoms with E-state index in [4.69, 9.17) is 19.4 Å². The molecule has 0 fully saturated rings. The molecular weight excluding hydrogens is 793 g/mol. The number of aromatic nitrogens is 4. The van der Waals surface area contributed by atoms with Crippen LogP contribution in [0.4, 0.5) is 0 Å². The third-order valence-electron chi connectivity index (χ3n) is 15.0. The maximum absolute atomic E-state index is 6.63. The molecule has 11 rings (SSSR count). The van der Waals surface area contributed by atoms with E-state index in [0.717, 1.165) is 61.0 Å². The molecule has 0 unspecified atom stereocenters. The van der Waals surface area contributed by atoms with E-state index in [0.29, 0.717) is 17.5 Å². The van der Waals surface area contributed by atoms with Crippen molar-refractivity contribution in [3.8, 4) is 62.1 Å². The van der Waals surface area contributed by atoms with Crippen LogP contribution in [0.5, 0.6) is 0 Å². The monoisotopic (exact) mass is 836 g/mol. The van der Waals surface area contributed by atoms with Crippen LogP contribution < -0.4 is 54.6 Å². The van der Waals surface area contributed by atoms with Crippen LogP contribution in [-0.2, 0) is 0 Å². The van der Waals surface area contributed by atoms with Gasteiger partial charge in [0.2, 0.25) is 0 Å². The SMILES string of the molecule is Bc1c(B)c(B)c(-c2nc(-c3c(B)c(B)c(B)c(B)c3B)nc(-c3cccc4oc5ccc(-c6cccc(-c7ccc8c(c7)c7ccccc7n8-c7ccccc7)c6)cc5c34)n2)c(B)c1B. The van der Waals surface area contributed by atoms with E-state index in [-0.39, 0.29) is 0 Å². The molecule has 0 spiro atoms. The van der Waals surface area contributed by atoms with Crippen LogP contribution in [0.25, 0.3) is 106 Å². The number of fused-ring (bicyclic) bond motifs is 6. The molecule has 66 heavy (non-hydrogen) atoms. The molecule has 0 aliphatic carbocycles. The smallest absolute Gasteiger partial charge is 0.164 e. The van der Waals surface area contributed by atoms with Gasteiger partial charge in [-0.3, -0.25) is 0 Å². The average Bonchev–Trinajstić information content (AvgIpc) is 3.89. The topological polar surface area (TPSA) is 56.7 Å². The number of hydrogen-bond donors (Lipinski definition) is 0. The van der Waals surface area contributed by atoms with Crippen LogP contribution in [-0.4, -0.2) is 98.0 Å².